The van der Waals surface area contributed by atoms with Crippen molar-refractivity contribution >= 4 is 39.7 Å². The monoisotopic (exact) mass is 313 g/mol. The minimum Gasteiger partial charge on any atom is -0.378 e. The number of benzene rings is 3. The number of hydrogen-bond donors (Lipinski definition) is 1. The van der Waals surface area contributed by atoms with Gasteiger partial charge < -0.3 is 5.32 Å². The van der Waals surface area contributed by atoms with Gasteiger partial charge in [-0.25, -0.2) is 0 Å². The minimum absolute atomic E-state index is 0.277. The van der Waals surface area contributed by atoms with Gasteiger partial charge in [-0.1, -0.05) is 59.6 Å². The van der Waals surface area contributed by atoms with Crippen molar-refractivity contribution in [1.29, 1.82) is 0 Å². The van der Waals surface area contributed by atoms with E-state index >= 15 is 0 Å². The first-order chi connectivity index (χ1) is 10.2. The van der Waals surface area contributed by atoms with Gasteiger partial charge in [0.1, 0.15) is 0 Å². The number of rotatable bonds is 1. The maximum absolute atomic E-state index is 6.10. The van der Waals surface area contributed by atoms with Crippen LogP contribution in [0.15, 0.2) is 54.6 Å². The van der Waals surface area contributed by atoms with Crippen molar-refractivity contribution in [3.63, 3.8) is 0 Å². The Morgan fingerprint density at radius 1 is 0.857 bits per heavy atom. The first-order valence-corrected chi connectivity index (χ1v) is 7.69. The van der Waals surface area contributed by atoms with E-state index in [1.165, 1.54) is 21.9 Å². The third-order valence-electron chi connectivity index (χ3n) is 4.08. The second-order valence-corrected chi connectivity index (χ2v) is 6.25. The molecule has 0 amide bonds. The first kappa shape index (κ1) is 13.0. The molecule has 1 atom stereocenters. The van der Waals surface area contributed by atoms with Gasteiger partial charge in [-0.3, -0.25) is 0 Å². The van der Waals surface area contributed by atoms with Crippen LogP contribution in [0.1, 0.15) is 17.2 Å². The van der Waals surface area contributed by atoms with Crippen molar-refractivity contribution < 1.29 is 0 Å². The fourth-order valence-electron chi connectivity index (χ4n) is 2.98. The van der Waals surface area contributed by atoms with E-state index in [-0.39, 0.29) is 6.04 Å². The lowest BCUT2D eigenvalue weighted by atomic mass is 9.99. The van der Waals surface area contributed by atoms with E-state index in [9.17, 15) is 0 Å². The Morgan fingerprint density at radius 3 is 2.48 bits per heavy atom. The molecule has 1 heterocycles. The van der Waals surface area contributed by atoms with Gasteiger partial charge in [0.15, 0.2) is 0 Å². The molecule has 104 valence electrons. The molecule has 3 aromatic carbocycles. The van der Waals surface area contributed by atoms with Crippen molar-refractivity contribution in [2.45, 2.75) is 12.5 Å². The molecule has 4 rings (SSSR count). The maximum Gasteiger partial charge on any atom is 0.0613 e. The molecule has 0 spiro atoms. The van der Waals surface area contributed by atoms with Crippen LogP contribution in [-0.4, -0.2) is 0 Å². The van der Waals surface area contributed by atoms with Gasteiger partial charge in [0, 0.05) is 5.69 Å². The Balaban J connectivity index is 1.71. The quantitative estimate of drug-likeness (QED) is 0.593. The van der Waals surface area contributed by atoms with Gasteiger partial charge in [0.25, 0.3) is 0 Å². The lowest BCUT2D eigenvalue weighted by molar-refractivity contribution is 0.826. The molecule has 3 aromatic rings. The second kappa shape index (κ2) is 4.94. The molecule has 1 nitrogen and oxygen atoms in total. The van der Waals surface area contributed by atoms with Crippen molar-refractivity contribution in [2.75, 3.05) is 5.32 Å². The fourth-order valence-corrected chi connectivity index (χ4v) is 3.33. The van der Waals surface area contributed by atoms with Crippen LogP contribution in [0.4, 0.5) is 5.69 Å². The molecule has 0 saturated heterocycles. The first-order valence-electron chi connectivity index (χ1n) is 6.94. The number of nitrogens with one attached hydrogen (secondary N) is 1. The second-order valence-electron chi connectivity index (χ2n) is 5.43. The van der Waals surface area contributed by atoms with Gasteiger partial charge in [0.2, 0.25) is 0 Å². The molecule has 0 fully saturated rings. The minimum atomic E-state index is 0.277. The Hall–Kier alpha value is -1.70. The summed E-state index contributed by atoms with van der Waals surface area (Å²) in [5.41, 5.74) is 3.60. The molecule has 3 heteroatoms. The van der Waals surface area contributed by atoms with Crippen LogP contribution in [0, 0.1) is 0 Å². The number of hydrogen-bond acceptors (Lipinski definition) is 1. The molecule has 0 aromatic heterocycles. The van der Waals surface area contributed by atoms with Crippen LogP contribution in [0.25, 0.3) is 10.8 Å². The Morgan fingerprint density at radius 2 is 1.62 bits per heavy atom. The average Bonchev–Trinajstić information content (AvgIpc) is 2.90. The lowest BCUT2D eigenvalue weighted by Gasteiger charge is -2.12. The largest absolute Gasteiger partial charge is 0.378 e. The Labute approximate surface area is 133 Å². The van der Waals surface area contributed by atoms with Gasteiger partial charge in [-0.05, 0) is 46.5 Å². The van der Waals surface area contributed by atoms with Crippen LogP contribution in [0.5, 0.6) is 0 Å². The van der Waals surface area contributed by atoms with E-state index in [4.69, 9.17) is 23.2 Å². The van der Waals surface area contributed by atoms with Crippen LogP contribution in [0.2, 0.25) is 10.0 Å². The third-order valence-corrected chi connectivity index (χ3v) is 4.80. The summed E-state index contributed by atoms with van der Waals surface area (Å²) in [6.45, 7) is 0. The topological polar surface area (TPSA) is 12.0 Å². The summed E-state index contributed by atoms with van der Waals surface area (Å²) in [4.78, 5) is 0. The predicted molar refractivity (Wildman–Crippen MR) is 90.5 cm³/mol. The molecule has 1 N–H and O–H groups in total. The molecular weight excluding hydrogens is 301 g/mol. The van der Waals surface area contributed by atoms with E-state index in [2.05, 4.69) is 47.8 Å². The summed E-state index contributed by atoms with van der Waals surface area (Å²) < 4.78 is 0. The Kier molecular flexibility index (Phi) is 3.06. The Bertz CT molecular complexity index is 811. The predicted octanol–water partition coefficient (Wildman–Crippen LogP) is 5.86. The molecule has 1 aliphatic heterocycles. The third kappa shape index (κ3) is 2.27. The number of fused-ring (bicyclic) bond motifs is 2. The SMILES string of the molecule is Clc1cc2c(cc1Cl)NC(c1ccc3ccccc3c1)C2. The van der Waals surface area contributed by atoms with E-state index in [0.717, 1.165) is 12.1 Å². The summed E-state index contributed by atoms with van der Waals surface area (Å²) in [7, 11) is 0. The van der Waals surface area contributed by atoms with E-state index in [1.54, 1.807) is 0 Å². The lowest BCUT2D eigenvalue weighted by Crippen LogP contribution is -2.05. The zero-order valence-corrected chi connectivity index (χ0v) is 12.7. The van der Waals surface area contributed by atoms with Gasteiger partial charge in [-0.2, -0.15) is 0 Å². The van der Waals surface area contributed by atoms with Crippen molar-refractivity contribution in [3.05, 3.63) is 75.8 Å². The van der Waals surface area contributed by atoms with Crippen LogP contribution in [0.3, 0.4) is 0 Å². The molecule has 0 bridgehead atoms. The molecule has 0 radical (unpaired) electrons. The summed E-state index contributed by atoms with van der Waals surface area (Å²) in [6, 6.07) is 19.2. The fraction of sp³-hybridized carbons (Fsp3) is 0.111. The van der Waals surface area contributed by atoms with Crippen molar-refractivity contribution in [2.24, 2.45) is 0 Å². The smallest absolute Gasteiger partial charge is 0.0613 e. The molecule has 1 aliphatic rings. The van der Waals surface area contributed by atoms with E-state index < -0.39 is 0 Å². The van der Waals surface area contributed by atoms with Crippen molar-refractivity contribution in [3.8, 4) is 0 Å². The van der Waals surface area contributed by atoms with Gasteiger partial charge in [0.05, 0.1) is 16.1 Å². The molecular formula is C18H13Cl2N. The summed E-state index contributed by atoms with van der Waals surface area (Å²) in [5, 5.41) is 7.30. The van der Waals surface area contributed by atoms with E-state index in [0.29, 0.717) is 10.0 Å². The molecule has 0 saturated carbocycles. The standard InChI is InChI=1S/C18H13Cl2N/c19-15-8-14-9-17(21-18(14)10-16(15)20)13-6-5-11-3-1-2-4-12(11)7-13/h1-8,10,17,21H,9H2. The maximum atomic E-state index is 6.10. The summed E-state index contributed by atoms with van der Waals surface area (Å²) in [6.07, 6.45) is 0.935. The summed E-state index contributed by atoms with van der Waals surface area (Å²) in [5.74, 6) is 0. The highest BCUT2D eigenvalue weighted by atomic mass is 35.5. The molecule has 0 aliphatic carbocycles. The molecule has 21 heavy (non-hydrogen) atoms. The van der Waals surface area contributed by atoms with Crippen molar-refractivity contribution in [1.82, 2.24) is 0 Å². The van der Waals surface area contributed by atoms with E-state index in [1.807, 2.05) is 12.1 Å². The zero-order chi connectivity index (χ0) is 14.4. The highest BCUT2D eigenvalue weighted by molar-refractivity contribution is 6.42. The normalized spacial score (nSPS) is 16.8. The molecule has 1 unspecified atom stereocenters. The number of halogens is 2. The zero-order valence-electron chi connectivity index (χ0n) is 11.2. The van der Waals surface area contributed by atoms with Gasteiger partial charge >= 0.3 is 0 Å². The van der Waals surface area contributed by atoms with Crippen LogP contribution in [-0.2, 0) is 6.42 Å². The van der Waals surface area contributed by atoms with Crippen LogP contribution >= 0.6 is 23.2 Å². The van der Waals surface area contributed by atoms with Crippen LogP contribution < -0.4 is 5.32 Å². The highest BCUT2D eigenvalue weighted by Crippen LogP contribution is 2.39. The van der Waals surface area contributed by atoms with Gasteiger partial charge in [-0.15, -0.1) is 0 Å². The highest BCUT2D eigenvalue weighted by Gasteiger charge is 2.23. The average molecular weight is 314 g/mol. The number of anilines is 1. The summed E-state index contributed by atoms with van der Waals surface area (Å²) >= 11 is 12.2.